The number of nitrogens with one attached hydrogen (secondary N) is 2. The van der Waals surface area contributed by atoms with Gasteiger partial charge in [-0.15, -0.1) is 24.0 Å². The Bertz CT molecular complexity index is 599. The van der Waals surface area contributed by atoms with Crippen LogP contribution in [0.4, 0.5) is 5.69 Å². The van der Waals surface area contributed by atoms with Crippen molar-refractivity contribution in [2.24, 2.45) is 16.6 Å². The van der Waals surface area contributed by atoms with Gasteiger partial charge in [-0.1, -0.05) is 12.5 Å². The minimum Gasteiger partial charge on any atom is -0.370 e. The molecule has 0 heterocycles. The second-order valence-electron chi connectivity index (χ2n) is 6.50. The monoisotopic (exact) mass is 442 g/mol. The third-order valence-corrected chi connectivity index (χ3v) is 4.76. The molecule has 0 saturated heterocycles. The zero-order valence-corrected chi connectivity index (χ0v) is 16.3. The van der Waals surface area contributed by atoms with Gasteiger partial charge in [0.15, 0.2) is 5.96 Å². The van der Waals surface area contributed by atoms with Crippen LogP contribution < -0.4 is 16.4 Å². The first-order valence-corrected chi connectivity index (χ1v) is 8.69. The van der Waals surface area contributed by atoms with Crippen LogP contribution in [0.25, 0.3) is 0 Å². The van der Waals surface area contributed by atoms with Crippen LogP contribution in [-0.2, 0) is 17.6 Å². The van der Waals surface area contributed by atoms with E-state index in [9.17, 15) is 4.79 Å². The van der Waals surface area contributed by atoms with Gasteiger partial charge in [0, 0.05) is 24.7 Å². The Morgan fingerprint density at radius 1 is 1.21 bits per heavy atom. The van der Waals surface area contributed by atoms with Crippen molar-refractivity contribution in [3.05, 3.63) is 29.3 Å². The van der Waals surface area contributed by atoms with E-state index >= 15 is 0 Å². The molecule has 5 nitrogen and oxygen atoms in total. The zero-order valence-electron chi connectivity index (χ0n) is 14.0. The van der Waals surface area contributed by atoms with E-state index in [1.54, 1.807) is 0 Å². The second-order valence-corrected chi connectivity index (χ2v) is 6.50. The fraction of sp³-hybridized carbons (Fsp3) is 0.556. The van der Waals surface area contributed by atoms with Crippen molar-refractivity contribution in [2.75, 3.05) is 18.4 Å². The number of halogens is 1. The molecule has 0 atom stereocenters. The average Bonchev–Trinajstić information content (AvgIpc) is 2.92. The number of fused-ring (bicyclic) bond motifs is 1. The predicted molar refractivity (Wildman–Crippen MR) is 109 cm³/mol. The van der Waals surface area contributed by atoms with Crippen molar-refractivity contribution in [2.45, 2.75) is 44.9 Å². The summed E-state index contributed by atoms with van der Waals surface area (Å²) in [7, 11) is 0. The molecule has 1 aromatic carbocycles. The van der Waals surface area contributed by atoms with Gasteiger partial charge in [0.25, 0.3) is 0 Å². The third kappa shape index (κ3) is 5.09. The molecule has 0 radical (unpaired) electrons. The first-order chi connectivity index (χ1) is 11.2. The molecule has 0 unspecified atom stereocenters. The molecule has 1 aromatic rings. The van der Waals surface area contributed by atoms with E-state index in [-0.39, 0.29) is 35.8 Å². The van der Waals surface area contributed by atoms with Crippen LogP contribution >= 0.6 is 24.0 Å². The summed E-state index contributed by atoms with van der Waals surface area (Å²) in [4.78, 5) is 16.0. The molecule has 3 rings (SSSR count). The van der Waals surface area contributed by atoms with Crippen LogP contribution in [0.15, 0.2) is 23.2 Å². The van der Waals surface area contributed by atoms with Crippen molar-refractivity contribution in [3.8, 4) is 0 Å². The van der Waals surface area contributed by atoms with Gasteiger partial charge in [0.1, 0.15) is 0 Å². The topological polar surface area (TPSA) is 79.5 Å². The van der Waals surface area contributed by atoms with Gasteiger partial charge in [-0.3, -0.25) is 9.79 Å². The van der Waals surface area contributed by atoms with E-state index in [0.717, 1.165) is 31.4 Å². The molecule has 1 saturated carbocycles. The molecule has 6 heteroatoms. The highest BCUT2D eigenvalue weighted by Crippen LogP contribution is 2.26. The molecule has 0 aliphatic heterocycles. The summed E-state index contributed by atoms with van der Waals surface area (Å²) in [6, 6.07) is 6.41. The number of nitrogens with zero attached hydrogens (tertiary/aromatic N) is 1. The van der Waals surface area contributed by atoms with Crippen molar-refractivity contribution in [3.63, 3.8) is 0 Å². The van der Waals surface area contributed by atoms with Crippen LogP contribution in [0.5, 0.6) is 0 Å². The van der Waals surface area contributed by atoms with Crippen molar-refractivity contribution < 1.29 is 4.79 Å². The van der Waals surface area contributed by atoms with E-state index in [0.29, 0.717) is 19.0 Å². The summed E-state index contributed by atoms with van der Waals surface area (Å²) < 4.78 is 0. The summed E-state index contributed by atoms with van der Waals surface area (Å²) in [6.07, 6.45) is 7.67. The number of anilines is 1. The lowest BCUT2D eigenvalue weighted by Gasteiger charge is -2.23. The van der Waals surface area contributed by atoms with Crippen molar-refractivity contribution in [1.29, 1.82) is 0 Å². The lowest BCUT2D eigenvalue weighted by molar-refractivity contribution is -0.127. The van der Waals surface area contributed by atoms with Gasteiger partial charge in [-0.2, -0.15) is 0 Å². The molecule has 24 heavy (non-hydrogen) atoms. The Labute approximate surface area is 160 Å². The molecule has 0 aromatic heterocycles. The maximum atomic E-state index is 11.7. The van der Waals surface area contributed by atoms with Crippen LogP contribution in [0.2, 0.25) is 0 Å². The Hall–Kier alpha value is -1.31. The van der Waals surface area contributed by atoms with Gasteiger partial charge in [0.05, 0.1) is 0 Å². The molecule has 0 spiro atoms. The smallest absolute Gasteiger partial charge is 0.223 e. The zero-order chi connectivity index (χ0) is 16.1. The number of hydrogen-bond acceptors (Lipinski definition) is 2. The number of hydrogen-bond donors (Lipinski definition) is 3. The van der Waals surface area contributed by atoms with Crippen molar-refractivity contribution in [1.82, 2.24) is 5.32 Å². The van der Waals surface area contributed by atoms with Gasteiger partial charge >= 0.3 is 0 Å². The third-order valence-electron chi connectivity index (χ3n) is 4.76. The van der Waals surface area contributed by atoms with Crippen LogP contribution in [0.3, 0.4) is 0 Å². The first-order valence-electron chi connectivity index (χ1n) is 8.69. The number of guanidine groups is 1. The molecule has 2 aliphatic rings. The van der Waals surface area contributed by atoms with Crippen LogP contribution in [0, 0.1) is 5.92 Å². The highest BCUT2D eigenvalue weighted by molar-refractivity contribution is 14.0. The summed E-state index contributed by atoms with van der Waals surface area (Å²) >= 11 is 0. The SMILES string of the molecule is I.NC(=NCCCNC(=O)C1CCC1)Nc1ccc2c(c1)CCC2. The van der Waals surface area contributed by atoms with Gasteiger partial charge < -0.3 is 16.4 Å². The molecule has 2 aliphatic carbocycles. The number of amides is 1. The summed E-state index contributed by atoms with van der Waals surface area (Å²) in [5.74, 6) is 0.891. The second kappa shape index (κ2) is 9.25. The fourth-order valence-electron chi connectivity index (χ4n) is 3.14. The highest BCUT2D eigenvalue weighted by Gasteiger charge is 2.24. The largest absolute Gasteiger partial charge is 0.370 e. The molecular formula is C18H27IN4O. The summed E-state index contributed by atoms with van der Waals surface area (Å²) in [6.45, 7) is 1.29. The highest BCUT2D eigenvalue weighted by atomic mass is 127. The summed E-state index contributed by atoms with van der Waals surface area (Å²) in [5.41, 5.74) is 9.80. The van der Waals surface area contributed by atoms with Crippen molar-refractivity contribution >= 4 is 41.5 Å². The standard InChI is InChI=1S/C18H26N4O.HI/c19-18(21-11-3-10-20-17(23)14-5-2-6-14)22-16-9-8-13-4-1-7-15(13)12-16;/h8-9,12,14H,1-7,10-11H2,(H,20,23)(H3,19,21,22);1H. The minimum atomic E-state index is 0. The molecule has 4 N–H and O–H groups in total. The fourth-order valence-corrected chi connectivity index (χ4v) is 3.14. The van der Waals surface area contributed by atoms with E-state index in [1.807, 2.05) is 0 Å². The van der Waals surface area contributed by atoms with Gasteiger partial charge in [-0.25, -0.2) is 0 Å². The molecule has 1 amide bonds. The molecule has 132 valence electrons. The molecular weight excluding hydrogens is 415 g/mol. The van der Waals surface area contributed by atoms with Crippen LogP contribution in [-0.4, -0.2) is 25.0 Å². The number of nitrogens with two attached hydrogens (primary N) is 1. The predicted octanol–water partition coefficient (Wildman–Crippen LogP) is 2.83. The molecule has 1 fully saturated rings. The Morgan fingerprint density at radius 3 is 2.75 bits per heavy atom. The molecule has 0 bridgehead atoms. The lowest BCUT2D eigenvalue weighted by atomic mass is 9.85. The normalized spacial score (nSPS) is 16.8. The first kappa shape index (κ1) is 19.0. The quantitative estimate of drug-likeness (QED) is 0.274. The van der Waals surface area contributed by atoms with E-state index in [2.05, 4.69) is 33.8 Å². The van der Waals surface area contributed by atoms with Crippen LogP contribution in [0.1, 0.15) is 43.2 Å². The lowest BCUT2D eigenvalue weighted by Crippen LogP contribution is -2.35. The maximum absolute atomic E-state index is 11.7. The van der Waals surface area contributed by atoms with Gasteiger partial charge in [-0.05, 0) is 61.8 Å². The number of carbonyl (C=O) groups is 1. The number of aliphatic imine (C=N–C) groups is 1. The average molecular weight is 442 g/mol. The van der Waals surface area contributed by atoms with Gasteiger partial charge in [0.2, 0.25) is 5.91 Å². The van der Waals surface area contributed by atoms with E-state index in [1.165, 1.54) is 30.4 Å². The minimum absolute atomic E-state index is 0. The number of benzene rings is 1. The number of aryl methyl sites for hydroxylation is 2. The number of carbonyl (C=O) groups excluding carboxylic acids is 1. The summed E-state index contributed by atoms with van der Waals surface area (Å²) in [5, 5.41) is 6.12. The maximum Gasteiger partial charge on any atom is 0.223 e. The van der Waals surface area contributed by atoms with E-state index < -0.39 is 0 Å². The number of rotatable bonds is 6. The van der Waals surface area contributed by atoms with E-state index in [4.69, 9.17) is 5.73 Å². The Kier molecular flexibility index (Phi) is 7.33. The Morgan fingerprint density at radius 2 is 2.00 bits per heavy atom. The Balaban J connectivity index is 0.00000208.